The third-order valence-corrected chi connectivity index (χ3v) is 4.48. The zero-order chi connectivity index (χ0) is 12.5. The normalized spacial score (nSPS) is 24.9. The molecule has 0 spiro atoms. The van der Waals surface area contributed by atoms with Crippen molar-refractivity contribution < 1.29 is 4.39 Å². The van der Waals surface area contributed by atoms with Gasteiger partial charge in [-0.3, -0.25) is 0 Å². The maximum absolute atomic E-state index is 13.5. The number of rotatable bonds is 2. The van der Waals surface area contributed by atoms with E-state index in [0.717, 1.165) is 18.2 Å². The average molecular weight is 248 g/mol. The van der Waals surface area contributed by atoms with Crippen molar-refractivity contribution in [1.82, 2.24) is 0 Å². The van der Waals surface area contributed by atoms with E-state index in [1.165, 1.54) is 44.6 Å². The highest BCUT2D eigenvalue weighted by atomic mass is 19.1. The Labute approximate surface area is 108 Å². The van der Waals surface area contributed by atoms with E-state index in [4.69, 9.17) is 5.73 Å². The van der Waals surface area contributed by atoms with Crippen LogP contribution in [-0.2, 0) is 0 Å². The van der Waals surface area contributed by atoms with Crippen LogP contribution >= 0.6 is 0 Å². The van der Waals surface area contributed by atoms with Gasteiger partial charge in [0.1, 0.15) is 5.82 Å². The molecule has 1 aromatic carbocycles. The molecule has 0 bridgehead atoms. The summed E-state index contributed by atoms with van der Waals surface area (Å²) >= 11 is 0. The second-order valence-electron chi connectivity index (χ2n) is 5.69. The number of nitrogen functional groups attached to an aromatic ring is 1. The van der Waals surface area contributed by atoms with Crippen molar-refractivity contribution in [3.8, 4) is 0 Å². The summed E-state index contributed by atoms with van der Waals surface area (Å²) in [6, 6.07) is 5.54. The standard InChI is InChI=1S/C15H21FN2/c16-12-8-13(17)10-14(9-12)18-7-3-6-15(18)11-4-1-2-5-11/h8-11,15H,1-7,17H2. The van der Waals surface area contributed by atoms with Crippen LogP contribution in [0.5, 0.6) is 0 Å². The molecular formula is C15H21FN2. The molecule has 3 rings (SSSR count). The highest BCUT2D eigenvalue weighted by molar-refractivity contribution is 5.57. The molecule has 3 heteroatoms. The molecule has 1 atom stereocenters. The van der Waals surface area contributed by atoms with Crippen molar-refractivity contribution in [1.29, 1.82) is 0 Å². The number of hydrogen-bond donors (Lipinski definition) is 1. The first-order valence-electron chi connectivity index (χ1n) is 7.07. The van der Waals surface area contributed by atoms with Crippen LogP contribution in [0.2, 0.25) is 0 Å². The third kappa shape index (κ3) is 2.18. The van der Waals surface area contributed by atoms with Crippen molar-refractivity contribution in [3.05, 3.63) is 24.0 Å². The molecule has 2 nitrogen and oxygen atoms in total. The Kier molecular flexibility index (Phi) is 3.14. The summed E-state index contributed by atoms with van der Waals surface area (Å²) in [5.74, 6) is 0.582. The van der Waals surface area contributed by atoms with E-state index in [-0.39, 0.29) is 5.82 Å². The first-order valence-corrected chi connectivity index (χ1v) is 7.07. The predicted octanol–water partition coefficient (Wildman–Crippen LogP) is 3.57. The van der Waals surface area contributed by atoms with Crippen LogP contribution in [-0.4, -0.2) is 12.6 Å². The summed E-state index contributed by atoms with van der Waals surface area (Å²) < 4.78 is 13.5. The molecule has 0 radical (unpaired) electrons. The Balaban J connectivity index is 1.85. The van der Waals surface area contributed by atoms with E-state index in [9.17, 15) is 4.39 Å². The molecule has 2 N–H and O–H groups in total. The van der Waals surface area contributed by atoms with Gasteiger partial charge in [-0.05, 0) is 49.8 Å². The van der Waals surface area contributed by atoms with Crippen molar-refractivity contribution in [2.75, 3.05) is 17.2 Å². The summed E-state index contributed by atoms with van der Waals surface area (Å²) in [6.45, 7) is 1.05. The van der Waals surface area contributed by atoms with Crippen molar-refractivity contribution >= 4 is 11.4 Å². The van der Waals surface area contributed by atoms with Gasteiger partial charge in [0, 0.05) is 24.0 Å². The zero-order valence-corrected chi connectivity index (χ0v) is 10.7. The minimum Gasteiger partial charge on any atom is -0.399 e. The maximum Gasteiger partial charge on any atom is 0.127 e. The molecule has 0 aromatic heterocycles. The van der Waals surface area contributed by atoms with E-state index in [0.29, 0.717) is 11.7 Å². The third-order valence-electron chi connectivity index (χ3n) is 4.48. The van der Waals surface area contributed by atoms with Gasteiger partial charge < -0.3 is 10.6 Å². The summed E-state index contributed by atoms with van der Waals surface area (Å²) in [7, 11) is 0. The first kappa shape index (κ1) is 11.8. The summed E-state index contributed by atoms with van der Waals surface area (Å²) in [6.07, 6.45) is 7.87. The van der Waals surface area contributed by atoms with Crippen molar-refractivity contribution in [2.45, 2.75) is 44.6 Å². The number of nitrogens with two attached hydrogens (primary N) is 1. The number of benzene rings is 1. The van der Waals surface area contributed by atoms with Crippen molar-refractivity contribution in [2.24, 2.45) is 5.92 Å². The average Bonchev–Trinajstić information content (AvgIpc) is 2.98. The molecule has 0 amide bonds. The lowest BCUT2D eigenvalue weighted by atomic mass is 9.95. The van der Waals surface area contributed by atoms with E-state index < -0.39 is 0 Å². The van der Waals surface area contributed by atoms with Crippen LogP contribution in [0.25, 0.3) is 0 Å². The Morgan fingerprint density at radius 3 is 2.56 bits per heavy atom. The van der Waals surface area contributed by atoms with Gasteiger partial charge in [0.05, 0.1) is 0 Å². The van der Waals surface area contributed by atoms with Crippen LogP contribution in [0.4, 0.5) is 15.8 Å². The minimum atomic E-state index is -0.220. The van der Waals surface area contributed by atoms with Crippen LogP contribution in [0.1, 0.15) is 38.5 Å². The molecule has 1 aliphatic heterocycles. The molecule has 1 unspecified atom stereocenters. The molecule has 1 saturated carbocycles. The largest absolute Gasteiger partial charge is 0.399 e. The number of halogens is 1. The fourth-order valence-electron chi connectivity index (χ4n) is 3.71. The van der Waals surface area contributed by atoms with Gasteiger partial charge in [-0.15, -0.1) is 0 Å². The summed E-state index contributed by atoms with van der Waals surface area (Å²) in [5.41, 5.74) is 7.26. The molecule has 1 aliphatic carbocycles. The van der Waals surface area contributed by atoms with Gasteiger partial charge in [0.25, 0.3) is 0 Å². The monoisotopic (exact) mass is 248 g/mol. The van der Waals surface area contributed by atoms with Crippen LogP contribution in [0, 0.1) is 11.7 Å². The fourth-order valence-corrected chi connectivity index (χ4v) is 3.71. The Bertz CT molecular complexity index is 406. The Hall–Kier alpha value is -1.25. The highest BCUT2D eigenvalue weighted by Gasteiger charge is 2.33. The van der Waals surface area contributed by atoms with Gasteiger partial charge in [0.15, 0.2) is 0 Å². The minimum absolute atomic E-state index is 0.220. The predicted molar refractivity (Wildman–Crippen MR) is 73.1 cm³/mol. The quantitative estimate of drug-likeness (QED) is 0.811. The van der Waals surface area contributed by atoms with E-state index >= 15 is 0 Å². The summed E-state index contributed by atoms with van der Waals surface area (Å²) in [5, 5.41) is 0. The molecule has 18 heavy (non-hydrogen) atoms. The topological polar surface area (TPSA) is 29.3 Å². The van der Waals surface area contributed by atoms with Gasteiger partial charge in [-0.2, -0.15) is 0 Å². The van der Waals surface area contributed by atoms with Crippen molar-refractivity contribution in [3.63, 3.8) is 0 Å². The fraction of sp³-hybridized carbons (Fsp3) is 0.600. The van der Waals surface area contributed by atoms with Crippen LogP contribution in [0.3, 0.4) is 0 Å². The second kappa shape index (κ2) is 4.79. The molecular weight excluding hydrogens is 227 g/mol. The Morgan fingerprint density at radius 2 is 1.83 bits per heavy atom. The lowest BCUT2D eigenvalue weighted by molar-refractivity contribution is 0.430. The number of hydrogen-bond acceptors (Lipinski definition) is 2. The molecule has 2 fully saturated rings. The van der Waals surface area contributed by atoms with Crippen LogP contribution in [0.15, 0.2) is 18.2 Å². The molecule has 1 heterocycles. The van der Waals surface area contributed by atoms with E-state index in [2.05, 4.69) is 4.90 Å². The molecule has 1 saturated heterocycles. The van der Waals surface area contributed by atoms with Gasteiger partial charge in [0.2, 0.25) is 0 Å². The number of anilines is 2. The van der Waals surface area contributed by atoms with Crippen LogP contribution < -0.4 is 10.6 Å². The summed E-state index contributed by atoms with van der Waals surface area (Å²) in [4.78, 5) is 2.38. The molecule has 1 aromatic rings. The Morgan fingerprint density at radius 1 is 1.06 bits per heavy atom. The lowest BCUT2D eigenvalue weighted by Crippen LogP contribution is -2.34. The van der Waals surface area contributed by atoms with E-state index in [1.807, 2.05) is 6.07 Å². The molecule has 98 valence electrons. The smallest absolute Gasteiger partial charge is 0.127 e. The number of nitrogens with zero attached hydrogens (tertiary/aromatic N) is 1. The van der Waals surface area contributed by atoms with E-state index in [1.54, 1.807) is 6.07 Å². The zero-order valence-electron chi connectivity index (χ0n) is 10.7. The molecule has 2 aliphatic rings. The van der Waals surface area contributed by atoms with Gasteiger partial charge >= 0.3 is 0 Å². The SMILES string of the molecule is Nc1cc(F)cc(N2CCCC2C2CCCC2)c1. The highest BCUT2D eigenvalue weighted by Crippen LogP contribution is 2.38. The maximum atomic E-state index is 13.5. The van der Waals surface area contributed by atoms with Gasteiger partial charge in [-0.1, -0.05) is 12.8 Å². The first-order chi connectivity index (χ1) is 8.74. The lowest BCUT2D eigenvalue weighted by Gasteiger charge is -2.31. The second-order valence-corrected chi connectivity index (χ2v) is 5.69. The van der Waals surface area contributed by atoms with Gasteiger partial charge in [-0.25, -0.2) is 4.39 Å².